The van der Waals surface area contributed by atoms with Crippen molar-refractivity contribution < 1.29 is 27.8 Å². The molecule has 0 radical (unpaired) electrons. The number of Topliss-reactive ketones (excluding diaryl/α,β-unsaturated/α-hetero) is 1. The molecule has 0 aliphatic heterocycles. The van der Waals surface area contributed by atoms with E-state index >= 15 is 0 Å². The first-order valence-electron chi connectivity index (χ1n) is 11.1. The molecule has 0 atom stereocenters. The molecule has 1 aromatic carbocycles. The van der Waals surface area contributed by atoms with Gasteiger partial charge >= 0.3 is 6.36 Å². The zero-order valence-corrected chi connectivity index (χ0v) is 18.7. The third-order valence-corrected chi connectivity index (χ3v) is 5.96. The molecule has 1 aliphatic rings. The number of halogens is 3. The van der Waals surface area contributed by atoms with Crippen LogP contribution in [0.1, 0.15) is 55.4 Å². The molecule has 3 aromatic rings. The van der Waals surface area contributed by atoms with Gasteiger partial charge in [-0.05, 0) is 49.6 Å². The highest BCUT2D eigenvalue weighted by molar-refractivity contribution is 5.95. The van der Waals surface area contributed by atoms with Crippen LogP contribution in [0.15, 0.2) is 42.7 Å². The number of ether oxygens (including phenoxy) is 1. The molecule has 0 bridgehead atoms. The molecule has 2 heterocycles. The molecular formula is C24H25F3N4O3. The summed E-state index contributed by atoms with van der Waals surface area (Å²) in [7, 11) is 1.74. The van der Waals surface area contributed by atoms with E-state index in [0.29, 0.717) is 36.1 Å². The van der Waals surface area contributed by atoms with Crippen LogP contribution >= 0.6 is 0 Å². The fourth-order valence-corrected chi connectivity index (χ4v) is 4.17. The fourth-order valence-electron chi connectivity index (χ4n) is 4.17. The molecule has 0 spiro atoms. The molecule has 180 valence electrons. The van der Waals surface area contributed by atoms with Crippen molar-refractivity contribution in [2.24, 2.45) is 7.05 Å². The maximum absolute atomic E-state index is 13.0. The molecule has 0 unspecified atom stereocenters. The van der Waals surface area contributed by atoms with Gasteiger partial charge in [0.25, 0.3) is 0 Å². The number of ketones is 1. The highest BCUT2D eigenvalue weighted by Gasteiger charge is 2.31. The number of nitrogens with zero attached hydrogens (tertiary/aromatic N) is 4. The first kappa shape index (κ1) is 23.9. The monoisotopic (exact) mass is 474 g/mol. The van der Waals surface area contributed by atoms with Gasteiger partial charge < -0.3 is 9.84 Å². The summed E-state index contributed by atoms with van der Waals surface area (Å²) in [6.45, 7) is 0. The van der Waals surface area contributed by atoms with Gasteiger partial charge in [-0.25, -0.2) is 9.97 Å². The van der Waals surface area contributed by atoms with Crippen molar-refractivity contribution in [1.82, 2.24) is 19.7 Å². The summed E-state index contributed by atoms with van der Waals surface area (Å²) in [5, 5.41) is 14.9. The first-order valence-corrected chi connectivity index (χ1v) is 11.1. The van der Waals surface area contributed by atoms with Crippen molar-refractivity contribution in [3.8, 4) is 28.4 Å². The molecule has 2 aromatic heterocycles. The molecule has 1 fully saturated rings. The van der Waals surface area contributed by atoms with E-state index < -0.39 is 12.0 Å². The number of benzene rings is 1. The molecule has 34 heavy (non-hydrogen) atoms. The third-order valence-electron chi connectivity index (χ3n) is 5.96. The number of aromatic nitrogens is 4. The molecule has 1 saturated carbocycles. The van der Waals surface area contributed by atoms with Gasteiger partial charge in [0.15, 0.2) is 11.6 Å². The van der Waals surface area contributed by atoms with Gasteiger partial charge in [0.1, 0.15) is 11.4 Å². The minimum Gasteiger partial charge on any atom is -0.406 e. The summed E-state index contributed by atoms with van der Waals surface area (Å²) in [4.78, 5) is 22.0. The van der Waals surface area contributed by atoms with Gasteiger partial charge in [-0.1, -0.05) is 19.3 Å². The Morgan fingerprint density at radius 2 is 1.82 bits per heavy atom. The predicted molar refractivity (Wildman–Crippen MR) is 118 cm³/mol. The van der Waals surface area contributed by atoms with Crippen LogP contribution < -0.4 is 4.74 Å². The Bertz CT molecular complexity index is 1150. The Hall–Kier alpha value is -3.27. The van der Waals surface area contributed by atoms with E-state index in [1.807, 2.05) is 0 Å². The lowest BCUT2D eigenvalue weighted by molar-refractivity contribution is -0.274. The second-order valence-electron chi connectivity index (χ2n) is 8.65. The summed E-state index contributed by atoms with van der Waals surface area (Å²) in [5.74, 6) is -0.305. The van der Waals surface area contributed by atoms with Crippen LogP contribution in [0.4, 0.5) is 13.2 Å². The van der Waals surface area contributed by atoms with Crippen molar-refractivity contribution in [1.29, 1.82) is 0 Å². The number of alkyl halides is 3. The number of carbonyl (C=O) groups excluding carboxylic acids is 1. The first-order chi connectivity index (χ1) is 16.1. The largest absolute Gasteiger partial charge is 0.573 e. The standard InChI is InChI=1S/C24H25F3N4O3/c1-31-15-17(14-28-31)22-29-19(16-5-7-18(8-6-16)34-24(25,26)27)13-20(30-22)21(32)9-12-23(33)10-3-2-4-11-23/h5-8,13-15,33H,2-4,9-12H2,1H3. The van der Waals surface area contributed by atoms with Gasteiger partial charge in [0, 0.05) is 25.2 Å². The second kappa shape index (κ2) is 9.54. The van der Waals surface area contributed by atoms with Crippen molar-refractivity contribution in [3.05, 3.63) is 48.4 Å². The van der Waals surface area contributed by atoms with Crippen molar-refractivity contribution in [2.45, 2.75) is 56.9 Å². The Labute approximate surface area is 194 Å². The number of carbonyl (C=O) groups is 1. The lowest BCUT2D eigenvalue weighted by Crippen LogP contribution is -2.31. The highest BCUT2D eigenvalue weighted by atomic mass is 19.4. The van der Waals surface area contributed by atoms with E-state index in [2.05, 4.69) is 19.8 Å². The molecular weight excluding hydrogens is 449 g/mol. The van der Waals surface area contributed by atoms with E-state index in [4.69, 9.17) is 0 Å². The normalized spacial score (nSPS) is 15.8. The minimum absolute atomic E-state index is 0.137. The minimum atomic E-state index is -4.79. The Morgan fingerprint density at radius 1 is 1.12 bits per heavy atom. The average Bonchev–Trinajstić information content (AvgIpc) is 3.23. The SMILES string of the molecule is Cn1cc(-c2nc(C(=O)CCC3(O)CCCCC3)cc(-c3ccc(OC(F)(F)F)cc3)n2)cn1. The van der Waals surface area contributed by atoms with Crippen molar-refractivity contribution in [3.63, 3.8) is 0 Å². The average molecular weight is 474 g/mol. The molecule has 0 amide bonds. The van der Waals surface area contributed by atoms with E-state index in [9.17, 15) is 23.1 Å². The molecule has 1 N–H and O–H groups in total. The highest BCUT2D eigenvalue weighted by Crippen LogP contribution is 2.33. The maximum Gasteiger partial charge on any atom is 0.573 e. The number of hydrogen-bond acceptors (Lipinski definition) is 6. The third kappa shape index (κ3) is 5.99. The fraction of sp³-hybridized carbons (Fsp3) is 0.417. The van der Waals surface area contributed by atoms with E-state index in [-0.39, 0.29) is 29.5 Å². The smallest absolute Gasteiger partial charge is 0.406 e. The molecule has 10 heteroatoms. The van der Waals surface area contributed by atoms with Gasteiger partial charge in [-0.15, -0.1) is 13.2 Å². The Kier molecular flexibility index (Phi) is 6.70. The van der Waals surface area contributed by atoms with Crippen LogP contribution in [-0.4, -0.2) is 42.6 Å². The summed E-state index contributed by atoms with van der Waals surface area (Å²) >= 11 is 0. The zero-order valence-electron chi connectivity index (χ0n) is 18.7. The summed E-state index contributed by atoms with van der Waals surface area (Å²) in [5.41, 5.74) is 0.832. The lowest BCUT2D eigenvalue weighted by atomic mass is 9.81. The van der Waals surface area contributed by atoms with Crippen LogP contribution in [-0.2, 0) is 7.05 Å². The molecule has 4 rings (SSSR count). The van der Waals surface area contributed by atoms with Gasteiger partial charge in [0.05, 0.1) is 23.1 Å². The Balaban J connectivity index is 1.62. The number of hydrogen-bond donors (Lipinski definition) is 1. The van der Waals surface area contributed by atoms with Crippen molar-refractivity contribution >= 4 is 5.78 Å². The van der Waals surface area contributed by atoms with E-state index in [0.717, 1.165) is 19.3 Å². The van der Waals surface area contributed by atoms with Crippen LogP contribution in [0.5, 0.6) is 5.75 Å². The van der Waals surface area contributed by atoms with E-state index in [1.54, 1.807) is 24.1 Å². The maximum atomic E-state index is 13.0. The van der Waals surface area contributed by atoms with Gasteiger partial charge in [-0.3, -0.25) is 9.48 Å². The summed E-state index contributed by atoms with van der Waals surface area (Å²) < 4.78 is 42.9. The zero-order chi connectivity index (χ0) is 24.3. The number of aliphatic hydroxyl groups is 1. The van der Waals surface area contributed by atoms with Gasteiger partial charge in [0.2, 0.25) is 0 Å². The van der Waals surface area contributed by atoms with Crippen molar-refractivity contribution in [2.75, 3.05) is 0 Å². The van der Waals surface area contributed by atoms with Crippen LogP contribution in [0.2, 0.25) is 0 Å². The van der Waals surface area contributed by atoms with Crippen LogP contribution in [0, 0.1) is 0 Å². The molecule has 7 nitrogen and oxygen atoms in total. The quantitative estimate of drug-likeness (QED) is 0.479. The second-order valence-corrected chi connectivity index (χ2v) is 8.65. The predicted octanol–water partition coefficient (Wildman–Crippen LogP) is 5.10. The van der Waals surface area contributed by atoms with Crippen LogP contribution in [0.25, 0.3) is 22.6 Å². The van der Waals surface area contributed by atoms with Crippen LogP contribution in [0.3, 0.4) is 0 Å². The molecule has 0 saturated heterocycles. The summed E-state index contributed by atoms with van der Waals surface area (Å²) in [6.07, 6.45) is 3.33. The van der Waals surface area contributed by atoms with E-state index in [1.165, 1.54) is 30.3 Å². The Morgan fingerprint density at radius 3 is 2.44 bits per heavy atom. The van der Waals surface area contributed by atoms with Gasteiger partial charge in [-0.2, -0.15) is 5.10 Å². The summed E-state index contributed by atoms with van der Waals surface area (Å²) in [6, 6.07) is 6.78. The lowest BCUT2D eigenvalue weighted by Gasteiger charge is -2.31. The molecule has 1 aliphatic carbocycles. The topological polar surface area (TPSA) is 90.1 Å². The number of aryl methyl sites for hydroxylation is 1. The number of rotatable bonds is 7.